The molecule has 88 valence electrons. The van der Waals surface area contributed by atoms with Crippen molar-refractivity contribution >= 4 is 49.3 Å². The van der Waals surface area contributed by atoms with Crippen LogP contribution >= 0.6 is 31.9 Å². The van der Waals surface area contributed by atoms with E-state index >= 15 is 0 Å². The van der Waals surface area contributed by atoms with Crippen LogP contribution in [0.25, 0.3) is 0 Å². The van der Waals surface area contributed by atoms with E-state index in [9.17, 15) is 4.79 Å². The van der Waals surface area contributed by atoms with E-state index in [0.29, 0.717) is 11.4 Å². The minimum Gasteiger partial charge on any atom is -0.397 e. The summed E-state index contributed by atoms with van der Waals surface area (Å²) in [6.07, 6.45) is 0. The Hall–Kier alpha value is -0.750. The molecule has 16 heavy (non-hydrogen) atoms. The number of amides is 2. The van der Waals surface area contributed by atoms with Crippen molar-refractivity contribution < 1.29 is 4.79 Å². The first-order valence-electron chi connectivity index (χ1n) is 4.72. The molecule has 0 aliphatic rings. The van der Waals surface area contributed by atoms with Gasteiger partial charge >= 0.3 is 6.03 Å². The van der Waals surface area contributed by atoms with Crippen LogP contribution in [0.1, 0.15) is 13.8 Å². The molecular weight excluding hydrogens is 338 g/mol. The third kappa shape index (κ3) is 3.68. The Balaban J connectivity index is 2.85. The summed E-state index contributed by atoms with van der Waals surface area (Å²) in [6.45, 7) is 3.78. The van der Waals surface area contributed by atoms with Crippen molar-refractivity contribution in [2.45, 2.75) is 19.9 Å². The molecule has 0 bridgehead atoms. The Labute approximate surface area is 111 Å². The maximum atomic E-state index is 11.5. The first-order valence-corrected chi connectivity index (χ1v) is 6.30. The molecule has 4 N–H and O–H groups in total. The van der Waals surface area contributed by atoms with Gasteiger partial charge in [0.2, 0.25) is 0 Å². The van der Waals surface area contributed by atoms with Crippen molar-refractivity contribution in [3.8, 4) is 0 Å². The Morgan fingerprint density at radius 2 is 2.00 bits per heavy atom. The van der Waals surface area contributed by atoms with E-state index in [4.69, 9.17) is 5.73 Å². The van der Waals surface area contributed by atoms with E-state index < -0.39 is 0 Å². The molecule has 1 rings (SSSR count). The summed E-state index contributed by atoms with van der Waals surface area (Å²) < 4.78 is 1.59. The highest BCUT2D eigenvalue weighted by Crippen LogP contribution is 2.32. The smallest absolute Gasteiger partial charge is 0.319 e. The van der Waals surface area contributed by atoms with Crippen molar-refractivity contribution in [1.29, 1.82) is 0 Å². The van der Waals surface area contributed by atoms with Crippen molar-refractivity contribution in [1.82, 2.24) is 5.32 Å². The summed E-state index contributed by atoms with van der Waals surface area (Å²) >= 11 is 6.66. The summed E-state index contributed by atoms with van der Waals surface area (Å²) in [5.41, 5.74) is 6.87. The number of carbonyl (C=O) groups is 1. The van der Waals surface area contributed by atoms with Crippen LogP contribution < -0.4 is 16.4 Å². The van der Waals surface area contributed by atoms with Gasteiger partial charge in [-0.05, 0) is 41.9 Å². The van der Waals surface area contributed by atoms with Gasteiger partial charge in [-0.2, -0.15) is 0 Å². The monoisotopic (exact) mass is 349 g/mol. The fourth-order valence-electron chi connectivity index (χ4n) is 1.14. The molecule has 0 atom stereocenters. The topological polar surface area (TPSA) is 67.2 Å². The fraction of sp³-hybridized carbons (Fsp3) is 0.300. The number of nitrogen functional groups attached to an aromatic ring is 1. The second-order valence-corrected chi connectivity index (χ2v) is 5.38. The van der Waals surface area contributed by atoms with E-state index in [2.05, 4.69) is 42.5 Å². The van der Waals surface area contributed by atoms with Crippen molar-refractivity contribution in [2.24, 2.45) is 0 Å². The SMILES string of the molecule is CC(C)NC(=O)Nc1c(N)cc(Br)cc1Br. The number of rotatable bonds is 2. The van der Waals surface area contributed by atoms with Crippen molar-refractivity contribution in [3.05, 3.63) is 21.1 Å². The molecule has 0 aliphatic heterocycles. The highest BCUT2D eigenvalue weighted by molar-refractivity contribution is 9.11. The number of benzene rings is 1. The van der Waals surface area contributed by atoms with Crippen LogP contribution in [-0.4, -0.2) is 12.1 Å². The molecule has 0 unspecified atom stereocenters. The van der Waals surface area contributed by atoms with Gasteiger partial charge in [-0.25, -0.2) is 4.79 Å². The number of nitrogens with two attached hydrogens (primary N) is 1. The fourth-order valence-corrected chi connectivity index (χ4v) is 2.49. The van der Waals surface area contributed by atoms with Crippen molar-refractivity contribution in [2.75, 3.05) is 11.1 Å². The van der Waals surface area contributed by atoms with Crippen LogP contribution in [0, 0.1) is 0 Å². The maximum absolute atomic E-state index is 11.5. The van der Waals surface area contributed by atoms with Crippen LogP contribution in [0.5, 0.6) is 0 Å². The van der Waals surface area contributed by atoms with Gasteiger partial charge in [-0.3, -0.25) is 0 Å². The van der Waals surface area contributed by atoms with Gasteiger partial charge in [0.1, 0.15) is 0 Å². The largest absolute Gasteiger partial charge is 0.397 e. The molecule has 0 fully saturated rings. The maximum Gasteiger partial charge on any atom is 0.319 e. The van der Waals surface area contributed by atoms with E-state index in [1.54, 1.807) is 6.07 Å². The van der Waals surface area contributed by atoms with E-state index in [-0.39, 0.29) is 12.1 Å². The Morgan fingerprint density at radius 1 is 1.38 bits per heavy atom. The zero-order valence-corrected chi connectivity index (χ0v) is 12.1. The van der Waals surface area contributed by atoms with Gasteiger partial charge < -0.3 is 16.4 Å². The summed E-state index contributed by atoms with van der Waals surface area (Å²) in [5, 5.41) is 5.42. The number of halogens is 2. The van der Waals surface area contributed by atoms with Gasteiger partial charge in [0, 0.05) is 15.0 Å². The lowest BCUT2D eigenvalue weighted by Crippen LogP contribution is -2.34. The zero-order chi connectivity index (χ0) is 12.3. The highest BCUT2D eigenvalue weighted by atomic mass is 79.9. The summed E-state index contributed by atoms with van der Waals surface area (Å²) in [7, 11) is 0. The lowest BCUT2D eigenvalue weighted by Gasteiger charge is -2.13. The Kier molecular flexibility index (Phi) is 4.61. The lowest BCUT2D eigenvalue weighted by atomic mass is 10.3. The van der Waals surface area contributed by atoms with E-state index in [1.165, 1.54) is 0 Å². The van der Waals surface area contributed by atoms with Crippen LogP contribution in [-0.2, 0) is 0 Å². The predicted octanol–water partition coefficient (Wildman–Crippen LogP) is 3.32. The molecule has 0 radical (unpaired) electrons. The highest BCUT2D eigenvalue weighted by Gasteiger charge is 2.10. The van der Waals surface area contributed by atoms with Crippen LogP contribution in [0.4, 0.5) is 16.2 Å². The summed E-state index contributed by atoms with van der Waals surface area (Å²) in [6, 6.07) is 3.36. The second-order valence-electron chi connectivity index (χ2n) is 3.61. The summed E-state index contributed by atoms with van der Waals surface area (Å²) in [5.74, 6) is 0. The molecule has 0 aromatic heterocycles. The number of nitrogens with one attached hydrogen (secondary N) is 2. The normalized spacial score (nSPS) is 10.3. The first kappa shape index (κ1) is 13.3. The Morgan fingerprint density at radius 3 is 2.50 bits per heavy atom. The number of hydrogen-bond donors (Lipinski definition) is 3. The minimum atomic E-state index is -0.273. The molecule has 0 aliphatic carbocycles. The van der Waals surface area contributed by atoms with Gasteiger partial charge in [0.15, 0.2) is 0 Å². The molecular formula is C10H13Br2N3O. The number of urea groups is 1. The average Bonchev–Trinajstić information content (AvgIpc) is 2.09. The lowest BCUT2D eigenvalue weighted by molar-refractivity contribution is 0.250. The predicted molar refractivity (Wildman–Crippen MR) is 73.5 cm³/mol. The van der Waals surface area contributed by atoms with Crippen LogP contribution in [0.3, 0.4) is 0 Å². The molecule has 0 heterocycles. The quantitative estimate of drug-likeness (QED) is 0.716. The van der Waals surface area contributed by atoms with Gasteiger partial charge in [0.25, 0.3) is 0 Å². The Bertz CT molecular complexity index is 384. The van der Waals surface area contributed by atoms with Crippen LogP contribution in [0.15, 0.2) is 21.1 Å². The van der Waals surface area contributed by atoms with Gasteiger partial charge in [-0.1, -0.05) is 15.9 Å². The van der Waals surface area contributed by atoms with Gasteiger partial charge in [-0.15, -0.1) is 0 Å². The molecule has 0 saturated carbocycles. The summed E-state index contributed by atoms with van der Waals surface area (Å²) in [4.78, 5) is 11.5. The molecule has 0 spiro atoms. The molecule has 0 saturated heterocycles. The molecule has 2 amide bonds. The second kappa shape index (κ2) is 5.54. The van der Waals surface area contributed by atoms with Gasteiger partial charge in [0.05, 0.1) is 11.4 Å². The number of carbonyl (C=O) groups excluding carboxylic acids is 1. The molecule has 6 heteroatoms. The molecule has 1 aromatic rings. The first-order chi connectivity index (χ1) is 7.40. The number of anilines is 2. The minimum absolute atomic E-state index is 0.0791. The van der Waals surface area contributed by atoms with Crippen molar-refractivity contribution in [3.63, 3.8) is 0 Å². The van der Waals surface area contributed by atoms with E-state index in [0.717, 1.165) is 8.95 Å². The third-order valence-electron chi connectivity index (χ3n) is 1.74. The zero-order valence-electron chi connectivity index (χ0n) is 8.97. The third-order valence-corrected chi connectivity index (χ3v) is 2.83. The standard InChI is InChI=1S/C10H13Br2N3O/c1-5(2)14-10(16)15-9-7(12)3-6(11)4-8(9)13/h3-5H,13H2,1-2H3,(H2,14,15,16). The number of hydrogen-bond acceptors (Lipinski definition) is 2. The van der Waals surface area contributed by atoms with Crippen LogP contribution in [0.2, 0.25) is 0 Å². The average molecular weight is 351 g/mol. The molecule has 1 aromatic carbocycles. The van der Waals surface area contributed by atoms with E-state index in [1.807, 2.05) is 19.9 Å². The molecule has 4 nitrogen and oxygen atoms in total.